The second-order valence-electron chi connectivity index (χ2n) is 4.12. The maximum Gasteiger partial charge on any atom is 0.410 e. The molecule has 1 fully saturated rings. The second-order valence-corrected chi connectivity index (χ2v) is 4.12. The monoisotopic (exact) mass is 231 g/mol. The number of nitrogens with zero attached hydrogens (tertiary/aromatic N) is 1. The Morgan fingerprint density at radius 3 is 2.94 bits per heavy atom. The summed E-state index contributed by atoms with van der Waals surface area (Å²) in [6.45, 7) is 3.28. The lowest BCUT2D eigenvalue weighted by Gasteiger charge is -2.22. The van der Waals surface area contributed by atoms with Gasteiger partial charge in [-0.3, -0.25) is 0 Å². The molecular weight excluding hydrogens is 210 g/mol. The molecule has 0 aliphatic carbocycles. The molecule has 1 heterocycles. The summed E-state index contributed by atoms with van der Waals surface area (Å²) >= 11 is 0. The van der Waals surface area contributed by atoms with Gasteiger partial charge in [0.05, 0.1) is 31.9 Å². The van der Waals surface area contributed by atoms with Crippen LogP contribution in [0.15, 0.2) is 0 Å². The first-order valence-electron chi connectivity index (χ1n) is 5.79. The lowest BCUT2D eigenvalue weighted by Crippen LogP contribution is -2.38. The third-order valence-electron chi connectivity index (χ3n) is 2.71. The number of carbonyl (C=O) groups excluding carboxylic acids is 1. The molecule has 2 atom stereocenters. The molecule has 1 aliphatic heterocycles. The number of rotatable bonds is 5. The van der Waals surface area contributed by atoms with E-state index in [1.165, 1.54) is 0 Å². The summed E-state index contributed by atoms with van der Waals surface area (Å²) in [6.07, 6.45) is 1.64. The molecule has 0 unspecified atom stereocenters. The number of amides is 1. The second kappa shape index (κ2) is 6.70. The van der Waals surface area contributed by atoms with Crippen molar-refractivity contribution in [1.82, 2.24) is 4.90 Å². The summed E-state index contributed by atoms with van der Waals surface area (Å²) < 4.78 is 10.1. The molecule has 0 aromatic carbocycles. The molecule has 5 heteroatoms. The van der Waals surface area contributed by atoms with Crippen molar-refractivity contribution >= 4 is 6.09 Å². The van der Waals surface area contributed by atoms with Gasteiger partial charge < -0.3 is 19.5 Å². The van der Waals surface area contributed by atoms with Crippen molar-refractivity contribution < 1.29 is 19.4 Å². The van der Waals surface area contributed by atoms with Gasteiger partial charge in [0.25, 0.3) is 0 Å². The Balaban J connectivity index is 2.40. The zero-order chi connectivity index (χ0) is 12.0. The van der Waals surface area contributed by atoms with E-state index in [0.717, 1.165) is 12.8 Å². The van der Waals surface area contributed by atoms with Gasteiger partial charge in [-0.05, 0) is 12.8 Å². The van der Waals surface area contributed by atoms with E-state index in [1.54, 1.807) is 12.0 Å². The van der Waals surface area contributed by atoms with E-state index in [2.05, 4.69) is 0 Å². The summed E-state index contributed by atoms with van der Waals surface area (Å²) in [5.41, 5.74) is 0. The van der Waals surface area contributed by atoms with Crippen LogP contribution in [0.1, 0.15) is 26.2 Å². The predicted molar refractivity (Wildman–Crippen MR) is 59.2 cm³/mol. The maximum absolute atomic E-state index is 11.7. The first kappa shape index (κ1) is 13.3. The largest absolute Gasteiger partial charge is 0.449 e. The average Bonchev–Trinajstić information content (AvgIpc) is 2.60. The van der Waals surface area contributed by atoms with Crippen molar-refractivity contribution in [1.29, 1.82) is 0 Å². The third kappa shape index (κ3) is 3.64. The van der Waals surface area contributed by atoms with E-state index >= 15 is 0 Å². The Bertz CT molecular complexity index is 222. The Morgan fingerprint density at radius 1 is 1.56 bits per heavy atom. The molecule has 1 N–H and O–H groups in total. The topological polar surface area (TPSA) is 59.0 Å². The highest BCUT2D eigenvalue weighted by atomic mass is 16.6. The van der Waals surface area contributed by atoms with Gasteiger partial charge >= 0.3 is 6.09 Å². The fraction of sp³-hybridized carbons (Fsp3) is 0.909. The average molecular weight is 231 g/mol. The summed E-state index contributed by atoms with van der Waals surface area (Å²) in [5, 5.41) is 9.51. The van der Waals surface area contributed by atoms with Gasteiger partial charge in [0.15, 0.2) is 0 Å². The van der Waals surface area contributed by atoms with Crippen LogP contribution in [0.2, 0.25) is 0 Å². The van der Waals surface area contributed by atoms with Gasteiger partial charge in [-0.1, -0.05) is 13.3 Å². The molecule has 1 rings (SSSR count). The maximum atomic E-state index is 11.7. The Kier molecular flexibility index (Phi) is 5.55. The molecule has 0 radical (unpaired) electrons. The van der Waals surface area contributed by atoms with E-state index in [-0.39, 0.29) is 12.1 Å². The van der Waals surface area contributed by atoms with Crippen molar-refractivity contribution in [2.75, 3.05) is 26.9 Å². The normalized spacial score (nSPS) is 24.8. The standard InChI is InChI=1S/C11H21NO4/c1-3-4-5-16-11(14)12-7-10(13)6-9(12)8-15-2/h9-10,13H,3-8H2,1-2H3/t9-,10-/m1/s1. The number of aliphatic hydroxyl groups is 1. The highest BCUT2D eigenvalue weighted by Crippen LogP contribution is 2.19. The fourth-order valence-corrected chi connectivity index (χ4v) is 1.85. The van der Waals surface area contributed by atoms with Crippen LogP contribution >= 0.6 is 0 Å². The lowest BCUT2D eigenvalue weighted by atomic mass is 10.2. The van der Waals surface area contributed by atoms with E-state index in [1.807, 2.05) is 6.92 Å². The number of β-amino-alcohol motifs (C(OH)–C–C–N with tert-alkyl or cyclic N) is 1. The van der Waals surface area contributed by atoms with Crippen LogP contribution in [0, 0.1) is 0 Å². The number of methoxy groups -OCH3 is 1. The predicted octanol–water partition coefficient (Wildman–Crippen LogP) is 1.00. The molecule has 0 spiro atoms. The van der Waals surface area contributed by atoms with Crippen LogP contribution in [0.5, 0.6) is 0 Å². The van der Waals surface area contributed by atoms with E-state index in [4.69, 9.17) is 9.47 Å². The number of unbranched alkanes of at least 4 members (excludes halogenated alkanes) is 1. The van der Waals surface area contributed by atoms with Crippen LogP contribution in [-0.4, -0.2) is 55.1 Å². The van der Waals surface area contributed by atoms with Crippen molar-refractivity contribution in [2.24, 2.45) is 0 Å². The van der Waals surface area contributed by atoms with Crippen molar-refractivity contribution in [3.8, 4) is 0 Å². The molecule has 94 valence electrons. The van der Waals surface area contributed by atoms with Crippen molar-refractivity contribution in [3.63, 3.8) is 0 Å². The number of hydrogen-bond acceptors (Lipinski definition) is 4. The highest BCUT2D eigenvalue weighted by Gasteiger charge is 2.35. The molecule has 1 saturated heterocycles. The summed E-state index contributed by atoms with van der Waals surface area (Å²) in [5.74, 6) is 0. The van der Waals surface area contributed by atoms with Gasteiger partial charge in [-0.15, -0.1) is 0 Å². The van der Waals surface area contributed by atoms with Crippen LogP contribution < -0.4 is 0 Å². The molecule has 0 saturated carbocycles. The minimum atomic E-state index is -0.459. The lowest BCUT2D eigenvalue weighted by molar-refractivity contribution is 0.0724. The molecule has 1 amide bonds. The summed E-state index contributed by atoms with van der Waals surface area (Å²) in [7, 11) is 1.59. The molecule has 16 heavy (non-hydrogen) atoms. The first-order valence-corrected chi connectivity index (χ1v) is 5.79. The number of hydrogen-bond donors (Lipinski definition) is 1. The number of carbonyl (C=O) groups is 1. The van der Waals surface area contributed by atoms with Gasteiger partial charge in [0.1, 0.15) is 0 Å². The van der Waals surface area contributed by atoms with Crippen LogP contribution in [0.3, 0.4) is 0 Å². The summed E-state index contributed by atoms with van der Waals surface area (Å²) in [4.78, 5) is 13.2. The van der Waals surface area contributed by atoms with Crippen molar-refractivity contribution in [2.45, 2.75) is 38.3 Å². The Labute approximate surface area is 96.3 Å². The van der Waals surface area contributed by atoms with Gasteiger partial charge in [-0.2, -0.15) is 0 Å². The molecule has 1 aliphatic rings. The minimum Gasteiger partial charge on any atom is -0.449 e. The Morgan fingerprint density at radius 2 is 2.31 bits per heavy atom. The fourth-order valence-electron chi connectivity index (χ4n) is 1.85. The molecule has 5 nitrogen and oxygen atoms in total. The zero-order valence-electron chi connectivity index (χ0n) is 10.0. The number of aliphatic hydroxyl groups excluding tert-OH is 1. The third-order valence-corrected chi connectivity index (χ3v) is 2.71. The van der Waals surface area contributed by atoms with Gasteiger partial charge in [0.2, 0.25) is 0 Å². The SMILES string of the molecule is CCCCOC(=O)N1C[C@H](O)C[C@@H]1COC. The highest BCUT2D eigenvalue weighted by molar-refractivity contribution is 5.68. The number of likely N-dealkylation sites (tertiary alicyclic amines) is 1. The molecule has 0 bridgehead atoms. The van der Waals surface area contributed by atoms with E-state index in [9.17, 15) is 9.90 Å². The first-order chi connectivity index (χ1) is 7.69. The van der Waals surface area contributed by atoms with Crippen molar-refractivity contribution in [3.05, 3.63) is 0 Å². The summed E-state index contributed by atoms with van der Waals surface area (Å²) in [6, 6.07) is -0.0610. The zero-order valence-corrected chi connectivity index (χ0v) is 10.0. The van der Waals surface area contributed by atoms with E-state index < -0.39 is 6.10 Å². The quantitative estimate of drug-likeness (QED) is 0.717. The van der Waals surface area contributed by atoms with Crippen LogP contribution in [-0.2, 0) is 9.47 Å². The van der Waals surface area contributed by atoms with Crippen LogP contribution in [0.4, 0.5) is 4.79 Å². The van der Waals surface area contributed by atoms with E-state index in [0.29, 0.717) is 26.2 Å². The number of ether oxygens (including phenoxy) is 2. The molecule has 0 aromatic rings. The minimum absolute atomic E-state index is 0.0610. The van der Waals surface area contributed by atoms with Gasteiger partial charge in [0, 0.05) is 7.11 Å². The molecule has 0 aromatic heterocycles. The Hall–Kier alpha value is -0.810. The van der Waals surface area contributed by atoms with Crippen LogP contribution in [0.25, 0.3) is 0 Å². The smallest absolute Gasteiger partial charge is 0.410 e. The molecular formula is C11H21NO4. The van der Waals surface area contributed by atoms with Gasteiger partial charge in [-0.25, -0.2) is 4.79 Å².